The average Bonchev–Trinajstić information content (AvgIpc) is 3.10. The minimum absolute atomic E-state index is 0.177. The largest absolute Gasteiger partial charge is 0.444 e. The number of benzene rings is 1. The van der Waals surface area contributed by atoms with Crippen LogP contribution in [0.25, 0.3) is 0 Å². The van der Waals surface area contributed by atoms with Crippen molar-refractivity contribution < 1.29 is 9.53 Å². The molecule has 3 rings (SSSR count). The summed E-state index contributed by atoms with van der Waals surface area (Å²) in [5, 5.41) is 3.61. The SMILES string of the molecule is C[C@H](C[C@H]1CCCN1C(=O)OC(C)(C)C)Nc1ccc(N2CCN(C)CC2)cc1. The summed E-state index contributed by atoms with van der Waals surface area (Å²) < 4.78 is 5.59. The first-order valence-electron chi connectivity index (χ1n) is 11.0. The van der Waals surface area contributed by atoms with Gasteiger partial charge in [0.15, 0.2) is 0 Å². The lowest BCUT2D eigenvalue weighted by atomic mass is 10.1. The molecule has 1 aromatic carbocycles. The highest BCUT2D eigenvalue weighted by Gasteiger charge is 2.32. The van der Waals surface area contributed by atoms with E-state index in [2.05, 4.69) is 53.4 Å². The van der Waals surface area contributed by atoms with Crippen LogP contribution in [0, 0.1) is 0 Å². The Labute approximate surface area is 176 Å². The van der Waals surface area contributed by atoms with E-state index in [1.54, 1.807) is 0 Å². The molecular formula is C23H38N4O2. The van der Waals surface area contributed by atoms with Gasteiger partial charge in [-0.05, 0) is 78.3 Å². The molecule has 0 aliphatic carbocycles. The van der Waals surface area contributed by atoms with Crippen LogP contribution in [0.5, 0.6) is 0 Å². The molecule has 2 atom stereocenters. The van der Waals surface area contributed by atoms with Gasteiger partial charge in [-0.1, -0.05) is 0 Å². The number of hydrogen-bond acceptors (Lipinski definition) is 5. The van der Waals surface area contributed by atoms with Crippen molar-refractivity contribution in [3.05, 3.63) is 24.3 Å². The molecule has 6 heteroatoms. The number of likely N-dealkylation sites (N-methyl/N-ethyl adjacent to an activating group) is 1. The Kier molecular flexibility index (Phi) is 6.93. The molecule has 0 aromatic heterocycles. The molecule has 0 radical (unpaired) electrons. The lowest BCUT2D eigenvalue weighted by molar-refractivity contribution is 0.0218. The van der Waals surface area contributed by atoms with Crippen LogP contribution in [0.4, 0.5) is 16.2 Å². The number of piperazine rings is 1. The Bertz CT molecular complexity index is 662. The Morgan fingerprint density at radius 3 is 2.41 bits per heavy atom. The van der Waals surface area contributed by atoms with Crippen LogP contribution >= 0.6 is 0 Å². The summed E-state index contributed by atoms with van der Waals surface area (Å²) in [5.41, 5.74) is 1.99. The van der Waals surface area contributed by atoms with Crippen LogP contribution in [-0.2, 0) is 4.74 Å². The maximum absolute atomic E-state index is 12.5. The molecule has 1 N–H and O–H groups in total. The second-order valence-corrected chi connectivity index (χ2v) is 9.59. The van der Waals surface area contributed by atoms with E-state index in [1.807, 2.05) is 25.7 Å². The van der Waals surface area contributed by atoms with E-state index in [0.717, 1.165) is 57.7 Å². The molecule has 162 valence electrons. The number of nitrogens with zero attached hydrogens (tertiary/aromatic N) is 3. The highest BCUT2D eigenvalue weighted by molar-refractivity contribution is 5.69. The molecular weight excluding hydrogens is 364 g/mol. The summed E-state index contributed by atoms with van der Waals surface area (Å²) in [7, 11) is 2.18. The molecule has 2 fully saturated rings. The van der Waals surface area contributed by atoms with Gasteiger partial charge in [0.2, 0.25) is 0 Å². The fourth-order valence-corrected chi connectivity index (χ4v) is 4.23. The summed E-state index contributed by atoms with van der Waals surface area (Å²) in [6.45, 7) is 13.2. The van der Waals surface area contributed by atoms with E-state index in [9.17, 15) is 4.79 Å². The first-order valence-corrected chi connectivity index (χ1v) is 11.0. The van der Waals surface area contributed by atoms with Crippen molar-refractivity contribution in [2.24, 2.45) is 0 Å². The molecule has 0 bridgehead atoms. The van der Waals surface area contributed by atoms with Crippen LogP contribution < -0.4 is 10.2 Å². The predicted molar refractivity (Wildman–Crippen MR) is 120 cm³/mol. The van der Waals surface area contributed by atoms with Crippen LogP contribution in [-0.4, -0.2) is 73.3 Å². The average molecular weight is 403 g/mol. The Balaban J connectivity index is 1.51. The zero-order chi connectivity index (χ0) is 21.0. The van der Waals surface area contributed by atoms with Gasteiger partial charge in [0.1, 0.15) is 5.60 Å². The Hall–Kier alpha value is -1.95. The summed E-state index contributed by atoms with van der Waals surface area (Å²) in [4.78, 5) is 19.2. The zero-order valence-electron chi connectivity index (χ0n) is 18.8. The molecule has 2 heterocycles. The first kappa shape index (κ1) is 21.8. The highest BCUT2D eigenvalue weighted by atomic mass is 16.6. The molecule has 1 aromatic rings. The van der Waals surface area contributed by atoms with Gasteiger partial charge < -0.3 is 24.8 Å². The highest BCUT2D eigenvalue weighted by Crippen LogP contribution is 2.26. The molecule has 29 heavy (non-hydrogen) atoms. The van der Waals surface area contributed by atoms with Gasteiger partial charge in [-0.2, -0.15) is 0 Å². The van der Waals surface area contributed by atoms with Gasteiger partial charge in [-0.15, -0.1) is 0 Å². The third-order valence-corrected chi connectivity index (χ3v) is 5.78. The lowest BCUT2D eigenvalue weighted by Crippen LogP contribution is -2.44. The number of carbonyl (C=O) groups excluding carboxylic acids is 1. The van der Waals surface area contributed by atoms with Crippen LogP contribution in [0.15, 0.2) is 24.3 Å². The molecule has 1 amide bonds. The van der Waals surface area contributed by atoms with E-state index in [-0.39, 0.29) is 18.2 Å². The number of hydrogen-bond donors (Lipinski definition) is 1. The van der Waals surface area contributed by atoms with Gasteiger partial charge in [0.05, 0.1) is 0 Å². The van der Waals surface area contributed by atoms with Crippen LogP contribution in [0.3, 0.4) is 0 Å². The molecule has 0 saturated carbocycles. The van der Waals surface area contributed by atoms with E-state index >= 15 is 0 Å². The number of rotatable bonds is 5. The van der Waals surface area contributed by atoms with Crippen molar-refractivity contribution in [2.45, 2.75) is 64.6 Å². The third-order valence-electron chi connectivity index (χ3n) is 5.78. The van der Waals surface area contributed by atoms with Gasteiger partial charge in [0, 0.05) is 56.2 Å². The van der Waals surface area contributed by atoms with Crippen molar-refractivity contribution in [3.63, 3.8) is 0 Å². The normalized spacial score (nSPS) is 21.9. The van der Waals surface area contributed by atoms with Gasteiger partial charge >= 0.3 is 6.09 Å². The lowest BCUT2D eigenvalue weighted by Gasteiger charge is -2.34. The fraction of sp³-hybridized carbons (Fsp3) is 0.696. The maximum Gasteiger partial charge on any atom is 0.410 e. The van der Waals surface area contributed by atoms with Crippen molar-refractivity contribution in [1.29, 1.82) is 0 Å². The number of carbonyl (C=O) groups is 1. The molecule has 0 spiro atoms. The molecule has 6 nitrogen and oxygen atoms in total. The second-order valence-electron chi connectivity index (χ2n) is 9.59. The van der Waals surface area contributed by atoms with Crippen molar-refractivity contribution in [3.8, 4) is 0 Å². The Morgan fingerprint density at radius 2 is 1.79 bits per heavy atom. The van der Waals surface area contributed by atoms with E-state index in [0.29, 0.717) is 0 Å². The first-order chi connectivity index (χ1) is 13.7. The van der Waals surface area contributed by atoms with Crippen molar-refractivity contribution >= 4 is 17.5 Å². The minimum atomic E-state index is -0.445. The van der Waals surface area contributed by atoms with E-state index in [4.69, 9.17) is 4.74 Å². The number of ether oxygens (including phenoxy) is 1. The second kappa shape index (κ2) is 9.24. The van der Waals surface area contributed by atoms with Gasteiger partial charge in [-0.25, -0.2) is 4.79 Å². The zero-order valence-corrected chi connectivity index (χ0v) is 18.8. The van der Waals surface area contributed by atoms with Crippen molar-refractivity contribution in [2.75, 3.05) is 50.0 Å². The van der Waals surface area contributed by atoms with Crippen LogP contribution in [0.1, 0.15) is 47.0 Å². The monoisotopic (exact) mass is 402 g/mol. The Morgan fingerprint density at radius 1 is 1.14 bits per heavy atom. The molecule has 0 unspecified atom stereocenters. The number of likely N-dealkylation sites (tertiary alicyclic amines) is 1. The summed E-state index contributed by atoms with van der Waals surface area (Å²) >= 11 is 0. The molecule has 2 aliphatic heterocycles. The van der Waals surface area contributed by atoms with Gasteiger partial charge in [-0.3, -0.25) is 0 Å². The maximum atomic E-state index is 12.5. The van der Waals surface area contributed by atoms with Crippen molar-refractivity contribution in [1.82, 2.24) is 9.80 Å². The third kappa shape index (κ3) is 6.26. The smallest absolute Gasteiger partial charge is 0.410 e. The van der Waals surface area contributed by atoms with E-state index in [1.165, 1.54) is 5.69 Å². The number of amides is 1. The number of nitrogens with one attached hydrogen (secondary N) is 1. The summed E-state index contributed by atoms with van der Waals surface area (Å²) in [5.74, 6) is 0. The predicted octanol–water partition coefficient (Wildman–Crippen LogP) is 4.03. The van der Waals surface area contributed by atoms with Crippen LogP contribution in [0.2, 0.25) is 0 Å². The molecule has 2 aliphatic rings. The molecule has 2 saturated heterocycles. The topological polar surface area (TPSA) is 48.1 Å². The fourth-order valence-electron chi connectivity index (χ4n) is 4.23. The summed E-state index contributed by atoms with van der Waals surface area (Å²) in [6.07, 6.45) is 2.85. The number of anilines is 2. The quantitative estimate of drug-likeness (QED) is 0.806. The standard InChI is InChI=1S/C23H38N4O2/c1-18(17-21-7-6-12-27(21)22(28)29-23(2,3)4)24-19-8-10-20(11-9-19)26-15-13-25(5)14-16-26/h8-11,18,21,24H,6-7,12-17H2,1-5H3/t18-,21-/m1/s1. The minimum Gasteiger partial charge on any atom is -0.444 e. The summed E-state index contributed by atoms with van der Waals surface area (Å²) in [6, 6.07) is 9.30. The van der Waals surface area contributed by atoms with E-state index < -0.39 is 5.60 Å². The van der Waals surface area contributed by atoms with Gasteiger partial charge in [0.25, 0.3) is 0 Å².